The fourth-order valence-electron chi connectivity index (χ4n) is 4.68. The zero-order valence-electron chi connectivity index (χ0n) is 20.7. The maximum Gasteiger partial charge on any atom is 0.408 e. The van der Waals surface area contributed by atoms with Crippen molar-refractivity contribution in [3.05, 3.63) is 42.4 Å². The van der Waals surface area contributed by atoms with Crippen LogP contribution in [-0.4, -0.2) is 68.3 Å². The topological polar surface area (TPSA) is 104 Å². The largest absolute Gasteiger partial charge is 0.474 e. The summed E-state index contributed by atoms with van der Waals surface area (Å²) in [6.45, 7) is 3.52. The molecule has 0 aliphatic carbocycles. The van der Waals surface area contributed by atoms with Crippen molar-refractivity contribution in [3.63, 3.8) is 0 Å². The molecule has 2 amide bonds. The molecule has 0 spiro atoms. The monoisotopic (exact) mass is 518 g/mol. The number of fused-ring (bicyclic) bond motifs is 2. The molecule has 1 saturated heterocycles. The van der Waals surface area contributed by atoms with Crippen LogP contribution in [-0.2, 0) is 16.0 Å². The van der Waals surface area contributed by atoms with Gasteiger partial charge in [-0.3, -0.25) is 19.7 Å². The van der Waals surface area contributed by atoms with Gasteiger partial charge in [-0.25, -0.2) is 4.98 Å². The Bertz CT molecular complexity index is 1250. The fraction of sp³-hybridized carbons (Fsp3) is 0.480. The molecule has 2 aliphatic rings. The van der Waals surface area contributed by atoms with E-state index in [4.69, 9.17) is 4.74 Å². The van der Waals surface area contributed by atoms with Gasteiger partial charge in [-0.2, -0.15) is 18.3 Å². The summed E-state index contributed by atoms with van der Waals surface area (Å²) >= 11 is 0. The summed E-state index contributed by atoms with van der Waals surface area (Å²) in [6, 6.07) is 3.36. The summed E-state index contributed by atoms with van der Waals surface area (Å²) in [5, 5.41) is 6.73. The highest BCUT2D eigenvalue weighted by molar-refractivity contribution is 5.99. The number of pyridine rings is 2. The third-order valence-electron chi connectivity index (χ3n) is 6.42. The molecule has 0 radical (unpaired) electrons. The third-order valence-corrected chi connectivity index (χ3v) is 6.42. The first-order chi connectivity index (χ1) is 17.8. The fourth-order valence-corrected chi connectivity index (χ4v) is 4.68. The smallest absolute Gasteiger partial charge is 0.408 e. The number of H-pyrrole nitrogens is 1. The van der Waals surface area contributed by atoms with Gasteiger partial charge in [-0.05, 0) is 43.4 Å². The van der Waals surface area contributed by atoms with E-state index in [9.17, 15) is 22.8 Å². The van der Waals surface area contributed by atoms with Crippen LogP contribution < -0.4 is 9.64 Å². The van der Waals surface area contributed by atoms with Gasteiger partial charge in [-0.1, -0.05) is 13.8 Å². The van der Waals surface area contributed by atoms with Crippen LogP contribution in [0.15, 0.2) is 36.8 Å². The molecule has 5 heterocycles. The molecule has 1 fully saturated rings. The Morgan fingerprint density at radius 3 is 2.78 bits per heavy atom. The Morgan fingerprint density at radius 1 is 1.19 bits per heavy atom. The van der Waals surface area contributed by atoms with Gasteiger partial charge in [0, 0.05) is 18.8 Å². The first kappa shape index (κ1) is 26.4. The highest BCUT2D eigenvalue weighted by Crippen LogP contribution is 2.33. The van der Waals surface area contributed by atoms with Crippen LogP contribution in [0.25, 0.3) is 11.0 Å². The Balaban J connectivity index is 0.00000156. The summed E-state index contributed by atoms with van der Waals surface area (Å²) < 4.78 is 46.2. The Kier molecular flexibility index (Phi) is 7.94. The van der Waals surface area contributed by atoms with Crippen LogP contribution in [0, 0.1) is 0 Å². The van der Waals surface area contributed by atoms with Crippen molar-refractivity contribution in [2.45, 2.75) is 64.3 Å². The lowest BCUT2D eigenvalue weighted by Crippen LogP contribution is -2.50. The third kappa shape index (κ3) is 5.83. The second kappa shape index (κ2) is 11.1. The first-order valence-corrected chi connectivity index (χ1v) is 12.4. The van der Waals surface area contributed by atoms with E-state index in [0.29, 0.717) is 29.9 Å². The predicted octanol–water partition coefficient (Wildman–Crippen LogP) is 4.05. The standard InChI is InChI=1S/C23H23F3N6O3.C2H6/c24-23(25,26)19-2-1-9-31(19)22(34)13-32-18-12-27-8-7-14(18)3-4-15(10-21(32)33)35-20-6-5-16-17(29-20)11-28-30-16;1-2/h5-8,11-12,15,19H,1-4,9-10,13H2,(H,28,30);1-2H3. The van der Waals surface area contributed by atoms with Crippen LogP contribution in [0.5, 0.6) is 5.88 Å². The molecule has 3 aromatic rings. The quantitative estimate of drug-likeness (QED) is 0.559. The second-order valence-corrected chi connectivity index (χ2v) is 8.71. The number of nitrogens with one attached hydrogen (secondary N) is 1. The van der Waals surface area contributed by atoms with Crippen LogP contribution >= 0.6 is 0 Å². The van der Waals surface area contributed by atoms with Crippen molar-refractivity contribution >= 4 is 28.5 Å². The molecule has 0 bridgehead atoms. The van der Waals surface area contributed by atoms with Crippen molar-refractivity contribution in [2.75, 3.05) is 18.0 Å². The molecule has 0 saturated carbocycles. The number of amides is 2. The Morgan fingerprint density at radius 2 is 2.00 bits per heavy atom. The molecule has 37 heavy (non-hydrogen) atoms. The number of carbonyl (C=O) groups is 2. The molecule has 12 heteroatoms. The molecule has 2 unspecified atom stereocenters. The highest BCUT2D eigenvalue weighted by Gasteiger charge is 2.48. The van der Waals surface area contributed by atoms with E-state index in [-0.39, 0.29) is 25.8 Å². The number of likely N-dealkylation sites (tertiary alicyclic amines) is 1. The van der Waals surface area contributed by atoms with Crippen LogP contribution in [0.2, 0.25) is 0 Å². The molecule has 1 N–H and O–H groups in total. The van der Waals surface area contributed by atoms with E-state index in [1.54, 1.807) is 30.6 Å². The van der Waals surface area contributed by atoms with E-state index in [2.05, 4.69) is 20.2 Å². The van der Waals surface area contributed by atoms with E-state index >= 15 is 0 Å². The number of aromatic amines is 1. The highest BCUT2D eigenvalue weighted by atomic mass is 19.4. The van der Waals surface area contributed by atoms with Crippen molar-refractivity contribution < 1.29 is 27.5 Å². The van der Waals surface area contributed by atoms with E-state index in [1.165, 1.54) is 11.1 Å². The molecule has 2 atom stereocenters. The van der Waals surface area contributed by atoms with Crippen molar-refractivity contribution in [3.8, 4) is 5.88 Å². The number of halogens is 3. The Labute approximate surface area is 212 Å². The maximum absolute atomic E-state index is 13.4. The van der Waals surface area contributed by atoms with Gasteiger partial charge in [0.2, 0.25) is 17.7 Å². The Hall–Kier alpha value is -3.70. The minimum absolute atomic E-state index is 0.0127. The summed E-state index contributed by atoms with van der Waals surface area (Å²) in [4.78, 5) is 36.8. The van der Waals surface area contributed by atoms with Crippen molar-refractivity contribution in [2.24, 2.45) is 0 Å². The van der Waals surface area contributed by atoms with E-state index < -0.39 is 36.7 Å². The number of ether oxygens (including phenoxy) is 1. The van der Waals surface area contributed by atoms with Gasteiger partial charge in [0.25, 0.3) is 0 Å². The molecule has 0 aromatic carbocycles. The molecule has 9 nitrogen and oxygen atoms in total. The minimum atomic E-state index is -4.51. The molecular weight excluding hydrogens is 489 g/mol. The number of alkyl halides is 3. The van der Waals surface area contributed by atoms with Gasteiger partial charge in [0.05, 0.1) is 30.0 Å². The van der Waals surface area contributed by atoms with Gasteiger partial charge < -0.3 is 14.5 Å². The number of nitrogens with zero attached hydrogens (tertiary/aromatic N) is 5. The number of rotatable bonds is 4. The number of hydrogen-bond donors (Lipinski definition) is 1. The normalized spacial score (nSPS) is 20.1. The number of carbonyl (C=O) groups excluding carboxylic acids is 2. The van der Waals surface area contributed by atoms with Crippen molar-refractivity contribution in [1.29, 1.82) is 0 Å². The van der Waals surface area contributed by atoms with Crippen LogP contribution in [0.3, 0.4) is 0 Å². The summed E-state index contributed by atoms with van der Waals surface area (Å²) in [5.74, 6) is -0.831. The van der Waals surface area contributed by atoms with Gasteiger partial charge in [0.15, 0.2) is 0 Å². The first-order valence-electron chi connectivity index (χ1n) is 12.4. The van der Waals surface area contributed by atoms with Gasteiger partial charge in [0.1, 0.15) is 24.2 Å². The minimum Gasteiger partial charge on any atom is -0.474 e. The number of hydrogen-bond acceptors (Lipinski definition) is 6. The van der Waals surface area contributed by atoms with Crippen LogP contribution in [0.1, 0.15) is 45.1 Å². The number of aromatic nitrogens is 4. The molecular formula is C25H29F3N6O3. The second-order valence-electron chi connectivity index (χ2n) is 8.71. The lowest BCUT2D eigenvalue weighted by Gasteiger charge is -2.32. The lowest BCUT2D eigenvalue weighted by atomic mass is 10.00. The molecule has 5 rings (SSSR count). The summed E-state index contributed by atoms with van der Waals surface area (Å²) in [6.07, 6.45) is 0.695. The average molecular weight is 519 g/mol. The van der Waals surface area contributed by atoms with Gasteiger partial charge >= 0.3 is 6.18 Å². The SMILES string of the molecule is CC.O=C1CC(Oc2ccc3[nH]ncc3n2)CCc2ccncc2N1CC(=O)N1CCCC1C(F)(F)F. The number of aryl methyl sites for hydroxylation is 1. The predicted molar refractivity (Wildman–Crippen MR) is 130 cm³/mol. The molecule has 3 aromatic heterocycles. The zero-order valence-corrected chi connectivity index (χ0v) is 20.7. The van der Waals surface area contributed by atoms with Crippen LogP contribution in [0.4, 0.5) is 18.9 Å². The maximum atomic E-state index is 13.4. The lowest BCUT2D eigenvalue weighted by molar-refractivity contribution is -0.182. The number of anilines is 1. The molecule has 198 valence electrons. The van der Waals surface area contributed by atoms with Gasteiger partial charge in [-0.15, -0.1) is 0 Å². The summed E-state index contributed by atoms with van der Waals surface area (Å²) in [7, 11) is 0. The molecule has 2 aliphatic heterocycles. The summed E-state index contributed by atoms with van der Waals surface area (Å²) in [5.41, 5.74) is 2.57. The average Bonchev–Trinajstić information content (AvgIpc) is 3.56. The van der Waals surface area contributed by atoms with E-state index in [0.717, 1.165) is 16.0 Å². The van der Waals surface area contributed by atoms with Crippen molar-refractivity contribution in [1.82, 2.24) is 25.1 Å². The van der Waals surface area contributed by atoms with E-state index in [1.807, 2.05) is 13.8 Å². The zero-order chi connectivity index (χ0) is 26.6.